The number of hydrogen-bond donors (Lipinski definition) is 2. The summed E-state index contributed by atoms with van der Waals surface area (Å²) in [5.41, 5.74) is 2.51. The number of aliphatic hydroxyl groups excluding tert-OH is 1. The summed E-state index contributed by atoms with van der Waals surface area (Å²) < 4.78 is 25.8. The molecule has 0 saturated heterocycles. The van der Waals surface area contributed by atoms with Gasteiger partial charge >= 0.3 is 5.97 Å². The van der Waals surface area contributed by atoms with E-state index >= 15 is 0 Å². The molecule has 2 N–H and O–H groups in total. The Labute approximate surface area is 163 Å². The molecule has 0 saturated carbocycles. The van der Waals surface area contributed by atoms with Crippen LogP contribution in [0.4, 0.5) is 4.39 Å². The van der Waals surface area contributed by atoms with Crippen molar-refractivity contribution in [3.8, 4) is 11.5 Å². The molecule has 0 aromatic heterocycles. The van der Waals surface area contributed by atoms with Crippen molar-refractivity contribution >= 4 is 5.97 Å². The molecule has 2 atom stereocenters. The molecule has 0 bridgehead atoms. The maximum atomic E-state index is 14.1. The topological polar surface area (TPSA) is 76.0 Å². The molecule has 2 aromatic carbocycles. The molecule has 0 aliphatic carbocycles. The Kier molecular flexibility index (Phi) is 5.10. The molecule has 1 heterocycles. The van der Waals surface area contributed by atoms with Crippen LogP contribution in [0.25, 0.3) is 0 Å². The minimum Gasteiger partial charge on any atom is -0.488 e. The lowest BCUT2D eigenvalue weighted by Gasteiger charge is -2.22. The number of carbonyl (C=O) groups is 1. The summed E-state index contributed by atoms with van der Waals surface area (Å²) in [5.74, 6) is -0.920. The summed E-state index contributed by atoms with van der Waals surface area (Å²) in [5, 5.41) is 19.6. The Morgan fingerprint density at radius 3 is 2.61 bits per heavy atom. The van der Waals surface area contributed by atoms with Crippen LogP contribution in [0.5, 0.6) is 11.5 Å². The summed E-state index contributed by atoms with van der Waals surface area (Å²) in [4.78, 5) is 11.3. The SMILES string of the molecule is Cc1c(OCc2cc(F)cc3c2OC(C)(C)C3O)ccc(C(C)C(=O)O)c1C. The van der Waals surface area contributed by atoms with Gasteiger partial charge in [-0.2, -0.15) is 0 Å². The highest BCUT2D eigenvalue weighted by Gasteiger charge is 2.41. The molecular weight excluding hydrogens is 363 g/mol. The summed E-state index contributed by atoms with van der Waals surface area (Å²) in [6, 6.07) is 6.11. The number of benzene rings is 2. The van der Waals surface area contributed by atoms with Crippen molar-refractivity contribution in [3.05, 3.63) is 57.9 Å². The number of aliphatic carboxylic acids is 1. The fraction of sp³-hybridized carbons (Fsp3) is 0.409. The Morgan fingerprint density at radius 2 is 1.96 bits per heavy atom. The van der Waals surface area contributed by atoms with Gasteiger partial charge < -0.3 is 19.7 Å². The van der Waals surface area contributed by atoms with Crippen molar-refractivity contribution in [2.24, 2.45) is 0 Å². The molecule has 6 heteroatoms. The zero-order chi connectivity index (χ0) is 20.8. The van der Waals surface area contributed by atoms with E-state index in [4.69, 9.17) is 9.47 Å². The van der Waals surface area contributed by atoms with Gasteiger partial charge in [-0.05, 0) is 69.5 Å². The molecule has 0 radical (unpaired) electrons. The van der Waals surface area contributed by atoms with Gasteiger partial charge in [-0.15, -0.1) is 0 Å². The zero-order valence-corrected chi connectivity index (χ0v) is 16.7. The van der Waals surface area contributed by atoms with Crippen LogP contribution in [0.15, 0.2) is 24.3 Å². The van der Waals surface area contributed by atoms with Gasteiger partial charge in [-0.3, -0.25) is 4.79 Å². The monoisotopic (exact) mass is 388 g/mol. The van der Waals surface area contributed by atoms with Gasteiger partial charge in [0.15, 0.2) is 0 Å². The molecule has 28 heavy (non-hydrogen) atoms. The van der Waals surface area contributed by atoms with Crippen LogP contribution in [-0.2, 0) is 11.4 Å². The third kappa shape index (κ3) is 3.44. The molecule has 0 spiro atoms. The summed E-state index contributed by atoms with van der Waals surface area (Å²) in [6.07, 6.45) is -0.919. The predicted molar refractivity (Wildman–Crippen MR) is 102 cm³/mol. The number of carboxylic acids is 1. The van der Waals surface area contributed by atoms with Crippen molar-refractivity contribution in [3.63, 3.8) is 0 Å². The highest BCUT2D eigenvalue weighted by molar-refractivity contribution is 5.76. The second-order valence-corrected chi connectivity index (χ2v) is 7.84. The van der Waals surface area contributed by atoms with Crippen molar-refractivity contribution in [1.29, 1.82) is 0 Å². The molecule has 5 nitrogen and oxygen atoms in total. The number of hydrogen-bond acceptors (Lipinski definition) is 4. The summed E-state index contributed by atoms with van der Waals surface area (Å²) in [7, 11) is 0. The molecule has 1 aliphatic heterocycles. The molecule has 150 valence electrons. The molecule has 0 fully saturated rings. The molecule has 3 rings (SSSR count). The normalized spacial score (nSPS) is 18.3. The van der Waals surface area contributed by atoms with Crippen LogP contribution in [0.2, 0.25) is 0 Å². The average molecular weight is 388 g/mol. The van der Waals surface area contributed by atoms with E-state index in [1.807, 2.05) is 13.8 Å². The number of carboxylic acid groups (broad SMARTS) is 1. The molecule has 2 unspecified atom stereocenters. The van der Waals surface area contributed by atoms with Crippen LogP contribution < -0.4 is 9.47 Å². The smallest absolute Gasteiger partial charge is 0.310 e. The molecule has 0 amide bonds. The fourth-order valence-electron chi connectivity index (χ4n) is 3.53. The second kappa shape index (κ2) is 7.09. The van der Waals surface area contributed by atoms with E-state index in [-0.39, 0.29) is 6.61 Å². The standard InChI is InChI=1S/C22H25FO5/c1-11-12(2)18(7-6-16(11)13(3)21(25)26)27-10-14-8-15(23)9-17-19(14)28-22(4,5)20(17)24/h6-9,13,20,24H,10H2,1-5H3,(H,25,26). The highest BCUT2D eigenvalue weighted by atomic mass is 19.1. The zero-order valence-electron chi connectivity index (χ0n) is 16.7. The maximum absolute atomic E-state index is 14.1. The van der Waals surface area contributed by atoms with Crippen molar-refractivity contribution in [2.75, 3.05) is 0 Å². The van der Waals surface area contributed by atoms with Gasteiger partial charge in [0.05, 0.1) is 5.92 Å². The first-order valence-corrected chi connectivity index (χ1v) is 9.18. The third-order valence-corrected chi connectivity index (χ3v) is 5.48. The average Bonchev–Trinajstić information content (AvgIpc) is 2.85. The minimum absolute atomic E-state index is 0.0665. The second-order valence-electron chi connectivity index (χ2n) is 7.84. The van der Waals surface area contributed by atoms with E-state index in [1.54, 1.807) is 32.9 Å². The Morgan fingerprint density at radius 1 is 1.29 bits per heavy atom. The van der Waals surface area contributed by atoms with Crippen LogP contribution in [-0.4, -0.2) is 21.8 Å². The summed E-state index contributed by atoms with van der Waals surface area (Å²) in [6.45, 7) is 8.93. The lowest BCUT2D eigenvalue weighted by molar-refractivity contribution is -0.138. The van der Waals surface area contributed by atoms with E-state index in [1.165, 1.54) is 12.1 Å². The number of halogens is 1. The largest absolute Gasteiger partial charge is 0.488 e. The fourth-order valence-corrected chi connectivity index (χ4v) is 3.53. The predicted octanol–water partition coefficient (Wildman–Crippen LogP) is 4.41. The Bertz CT molecular complexity index is 935. The minimum atomic E-state index is -0.919. The van der Waals surface area contributed by atoms with Crippen LogP contribution in [0.1, 0.15) is 60.6 Å². The number of aliphatic hydroxyl groups is 1. The van der Waals surface area contributed by atoms with Gasteiger partial charge in [-0.25, -0.2) is 4.39 Å². The molecular formula is C22H25FO5. The Balaban J connectivity index is 1.88. The first-order chi connectivity index (χ1) is 13.0. The lowest BCUT2D eigenvalue weighted by atomic mass is 9.93. The van der Waals surface area contributed by atoms with Crippen LogP contribution in [0.3, 0.4) is 0 Å². The van der Waals surface area contributed by atoms with Gasteiger partial charge in [0.25, 0.3) is 0 Å². The number of ether oxygens (including phenoxy) is 2. The molecule has 1 aliphatic rings. The number of rotatable bonds is 5. The molecule has 2 aromatic rings. The van der Waals surface area contributed by atoms with Crippen molar-refractivity contribution < 1.29 is 28.9 Å². The van der Waals surface area contributed by atoms with Crippen LogP contribution in [0, 0.1) is 19.7 Å². The van der Waals surface area contributed by atoms with E-state index < -0.39 is 29.4 Å². The van der Waals surface area contributed by atoms with Crippen LogP contribution >= 0.6 is 0 Å². The summed E-state index contributed by atoms with van der Waals surface area (Å²) >= 11 is 0. The van der Waals surface area contributed by atoms with E-state index in [9.17, 15) is 19.4 Å². The van der Waals surface area contributed by atoms with Gasteiger partial charge in [0, 0.05) is 11.1 Å². The van der Waals surface area contributed by atoms with E-state index in [0.717, 1.165) is 16.7 Å². The van der Waals surface area contributed by atoms with Gasteiger partial charge in [0.2, 0.25) is 0 Å². The van der Waals surface area contributed by atoms with Gasteiger partial charge in [-0.1, -0.05) is 6.07 Å². The number of fused-ring (bicyclic) bond motifs is 1. The highest BCUT2D eigenvalue weighted by Crippen LogP contribution is 2.45. The first-order valence-electron chi connectivity index (χ1n) is 9.18. The Hall–Kier alpha value is -2.60. The quantitative estimate of drug-likeness (QED) is 0.793. The van der Waals surface area contributed by atoms with E-state index in [0.29, 0.717) is 22.6 Å². The van der Waals surface area contributed by atoms with E-state index in [2.05, 4.69) is 0 Å². The maximum Gasteiger partial charge on any atom is 0.310 e. The van der Waals surface area contributed by atoms with Crippen molar-refractivity contribution in [2.45, 2.75) is 58.8 Å². The first kappa shape index (κ1) is 20.1. The third-order valence-electron chi connectivity index (χ3n) is 5.48. The van der Waals surface area contributed by atoms with Gasteiger partial charge in [0.1, 0.15) is 35.6 Å². The lowest BCUT2D eigenvalue weighted by Crippen LogP contribution is -2.30. The van der Waals surface area contributed by atoms with Crippen molar-refractivity contribution in [1.82, 2.24) is 0 Å².